The molecule has 0 atom stereocenters. The van der Waals surface area contributed by atoms with Crippen LogP contribution < -0.4 is 10.2 Å². The number of nitrogens with zero attached hydrogens (tertiary/aromatic N) is 3. The summed E-state index contributed by atoms with van der Waals surface area (Å²) in [4.78, 5) is 14.9. The minimum absolute atomic E-state index is 0.0684. The molecule has 0 fully saturated rings. The second-order valence-electron chi connectivity index (χ2n) is 6.02. The number of ether oxygens (including phenoxy) is 3. The van der Waals surface area contributed by atoms with Gasteiger partial charge in [-0.25, -0.2) is 0 Å². The molecule has 8 nitrogen and oxygen atoms in total. The van der Waals surface area contributed by atoms with Gasteiger partial charge in [-0.05, 0) is 41.9 Å². The molecule has 0 aliphatic heterocycles. The van der Waals surface area contributed by atoms with Gasteiger partial charge >= 0.3 is 0 Å². The van der Waals surface area contributed by atoms with Gasteiger partial charge < -0.3 is 18.6 Å². The summed E-state index contributed by atoms with van der Waals surface area (Å²) in [5.74, 6) is 1.22. The molecule has 2 aromatic carbocycles. The maximum absolute atomic E-state index is 12.2. The number of fused-ring (bicyclic) bond motifs is 1. The monoisotopic (exact) mass is 395 g/mol. The summed E-state index contributed by atoms with van der Waals surface area (Å²) in [6, 6.07) is 16.0. The number of hydrogen-bond donors (Lipinski definition) is 0. The Morgan fingerprint density at radius 1 is 0.931 bits per heavy atom. The van der Waals surface area contributed by atoms with Crippen LogP contribution in [0, 0.1) is 0 Å². The molecule has 29 heavy (non-hydrogen) atoms. The van der Waals surface area contributed by atoms with Crippen LogP contribution in [0.1, 0.15) is 0 Å². The van der Waals surface area contributed by atoms with Crippen molar-refractivity contribution in [3.8, 4) is 17.1 Å². The molecule has 0 unspecified atom stereocenters. The lowest BCUT2D eigenvalue weighted by Crippen LogP contribution is -2.11. The molecular weight excluding hydrogens is 374 g/mol. The van der Waals surface area contributed by atoms with Crippen molar-refractivity contribution in [3.05, 3.63) is 75.3 Å². The van der Waals surface area contributed by atoms with Crippen LogP contribution in [-0.4, -0.2) is 39.6 Å². The summed E-state index contributed by atoms with van der Waals surface area (Å²) in [6.07, 6.45) is 0. The molecule has 0 aliphatic rings. The molecule has 1 aromatic heterocycles. The summed E-state index contributed by atoms with van der Waals surface area (Å²) in [5, 5.41) is 3.94. The Hall–Kier alpha value is -3.32. The normalized spacial score (nSPS) is 10.6. The van der Waals surface area contributed by atoms with Crippen LogP contribution in [0.25, 0.3) is 32.7 Å². The molecule has 8 heteroatoms. The van der Waals surface area contributed by atoms with E-state index >= 15 is 0 Å². The van der Waals surface area contributed by atoms with Crippen LogP contribution in [0.4, 0.5) is 0 Å². The maximum atomic E-state index is 12.2. The number of para-hydroxylation sites is 1. The highest BCUT2D eigenvalue weighted by Crippen LogP contribution is 2.24. The fraction of sp³-hybridized carbons (Fsp3) is 0.286. The summed E-state index contributed by atoms with van der Waals surface area (Å²) in [5.41, 5.74) is 9.43. The zero-order chi connectivity index (χ0) is 20.3. The minimum atomic E-state index is -0.0684. The first-order chi connectivity index (χ1) is 14.3. The second-order valence-corrected chi connectivity index (χ2v) is 6.02. The van der Waals surface area contributed by atoms with Crippen LogP contribution in [0.3, 0.4) is 0 Å². The van der Waals surface area contributed by atoms with Crippen molar-refractivity contribution in [2.24, 2.45) is 5.11 Å². The van der Waals surface area contributed by atoms with Crippen molar-refractivity contribution in [2.45, 2.75) is 0 Å². The van der Waals surface area contributed by atoms with Crippen molar-refractivity contribution in [3.63, 3.8) is 0 Å². The molecule has 0 N–H and O–H groups in total. The van der Waals surface area contributed by atoms with E-state index in [0.29, 0.717) is 62.1 Å². The highest BCUT2D eigenvalue weighted by Gasteiger charge is 2.06. The molecule has 0 bridgehead atoms. The fourth-order valence-corrected chi connectivity index (χ4v) is 2.65. The zero-order valence-electron chi connectivity index (χ0n) is 15.8. The van der Waals surface area contributed by atoms with E-state index < -0.39 is 0 Å². The standard InChI is InChI=1S/C21H21N3O5/c22-24-23-9-10-26-11-12-27-13-14-28-17-7-5-16(6-8-17)21-15-19(25)18-3-1-2-4-20(18)29-21/h1-8,15H,9-14H2. The molecule has 0 spiro atoms. The van der Waals surface area contributed by atoms with E-state index in [1.807, 2.05) is 36.4 Å². The van der Waals surface area contributed by atoms with Gasteiger partial charge in [0.1, 0.15) is 23.7 Å². The molecule has 3 rings (SSSR count). The fourth-order valence-electron chi connectivity index (χ4n) is 2.65. The Labute approximate surface area is 167 Å². The molecule has 0 saturated heterocycles. The highest BCUT2D eigenvalue weighted by molar-refractivity contribution is 5.78. The van der Waals surface area contributed by atoms with Crippen molar-refractivity contribution >= 4 is 11.0 Å². The predicted molar refractivity (Wildman–Crippen MR) is 109 cm³/mol. The van der Waals surface area contributed by atoms with Gasteiger partial charge in [0.05, 0.1) is 31.8 Å². The number of azide groups is 1. The van der Waals surface area contributed by atoms with Gasteiger partial charge in [0.15, 0.2) is 5.43 Å². The Bertz CT molecular complexity index is 1030. The maximum Gasteiger partial charge on any atom is 0.193 e. The molecular formula is C21H21N3O5. The number of rotatable bonds is 11. The molecule has 0 radical (unpaired) electrons. The second kappa shape index (κ2) is 10.9. The first-order valence-electron chi connectivity index (χ1n) is 9.20. The largest absolute Gasteiger partial charge is 0.491 e. The third-order valence-corrected chi connectivity index (χ3v) is 4.04. The van der Waals surface area contributed by atoms with Gasteiger partial charge in [-0.3, -0.25) is 4.79 Å². The summed E-state index contributed by atoms with van der Waals surface area (Å²) in [6.45, 7) is 2.42. The van der Waals surface area contributed by atoms with Crippen LogP contribution in [0.2, 0.25) is 0 Å². The molecule has 0 amide bonds. The average molecular weight is 395 g/mol. The van der Waals surface area contributed by atoms with Gasteiger partial charge in [0.25, 0.3) is 0 Å². The molecule has 150 valence electrons. The highest BCUT2D eigenvalue weighted by atomic mass is 16.5. The van der Waals surface area contributed by atoms with Crippen molar-refractivity contribution in [2.75, 3.05) is 39.6 Å². The summed E-state index contributed by atoms with van der Waals surface area (Å²) in [7, 11) is 0. The Kier molecular flexibility index (Phi) is 7.65. The van der Waals surface area contributed by atoms with Crippen LogP contribution in [0.5, 0.6) is 5.75 Å². The topological polar surface area (TPSA) is 107 Å². The zero-order valence-corrected chi connectivity index (χ0v) is 15.8. The third-order valence-electron chi connectivity index (χ3n) is 4.04. The van der Waals surface area contributed by atoms with Gasteiger partial charge in [-0.15, -0.1) is 0 Å². The van der Waals surface area contributed by atoms with Gasteiger partial charge in [0.2, 0.25) is 0 Å². The minimum Gasteiger partial charge on any atom is -0.491 e. The first-order valence-corrected chi connectivity index (χ1v) is 9.20. The number of hydrogen-bond acceptors (Lipinski definition) is 6. The van der Waals surface area contributed by atoms with Crippen LogP contribution in [0.15, 0.2) is 68.9 Å². The van der Waals surface area contributed by atoms with E-state index in [4.69, 9.17) is 24.2 Å². The van der Waals surface area contributed by atoms with Crippen molar-refractivity contribution < 1.29 is 18.6 Å². The Balaban J connectivity index is 1.44. The SMILES string of the molecule is [N-]=[N+]=NCCOCCOCCOc1ccc(-c2cc(=O)c3ccccc3o2)cc1. The van der Waals surface area contributed by atoms with Crippen molar-refractivity contribution in [1.29, 1.82) is 0 Å². The van der Waals surface area contributed by atoms with Gasteiger partial charge in [0, 0.05) is 23.1 Å². The summed E-state index contributed by atoms with van der Waals surface area (Å²) >= 11 is 0. The van der Waals surface area contributed by atoms with Gasteiger partial charge in [-0.2, -0.15) is 0 Å². The summed E-state index contributed by atoms with van der Waals surface area (Å²) < 4.78 is 22.1. The van der Waals surface area contributed by atoms with Gasteiger partial charge in [-0.1, -0.05) is 17.2 Å². The molecule has 0 saturated carbocycles. The Morgan fingerprint density at radius 3 is 2.45 bits per heavy atom. The predicted octanol–water partition coefficient (Wildman–Crippen LogP) is 4.18. The third kappa shape index (κ3) is 6.08. The lowest BCUT2D eigenvalue weighted by atomic mass is 10.1. The number of benzene rings is 2. The first kappa shape index (κ1) is 20.4. The van der Waals surface area contributed by atoms with E-state index in [2.05, 4.69) is 10.0 Å². The average Bonchev–Trinajstić information content (AvgIpc) is 2.75. The van der Waals surface area contributed by atoms with Crippen LogP contribution >= 0.6 is 0 Å². The van der Waals surface area contributed by atoms with E-state index in [0.717, 1.165) is 5.56 Å². The Morgan fingerprint density at radius 2 is 1.66 bits per heavy atom. The van der Waals surface area contributed by atoms with E-state index in [9.17, 15) is 4.79 Å². The van der Waals surface area contributed by atoms with E-state index in [-0.39, 0.29) is 5.43 Å². The molecule has 1 heterocycles. The molecule has 3 aromatic rings. The molecule has 0 aliphatic carbocycles. The van der Waals surface area contributed by atoms with E-state index in [1.54, 1.807) is 12.1 Å². The lowest BCUT2D eigenvalue weighted by Gasteiger charge is -2.08. The van der Waals surface area contributed by atoms with Crippen LogP contribution in [-0.2, 0) is 9.47 Å². The smallest absolute Gasteiger partial charge is 0.193 e. The lowest BCUT2D eigenvalue weighted by molar-refractivity contribution is 0.0388. The van der Waals surface area contributed by atoms with E-state index in [1.165, 1.54) is 6.07 Å². The van der Waals surface area contributed by atoms with Crippen molar-refractivity contribution in [1.82, 2.24) is 0 Å². The quantitative estimate of drug-likeness (QED) is 0.209.